The monoisotopic (exact) mass is 297 g/mol. The van der Waals surface area contributed by atoms with Crippen molar-refractivity contribution >= 4 is 15.7 Å². The van der Waals surface area contributed by atoms with Crippen LogP contribution in [0.1, 0.15) is 34.0 Å². The molecule has 1 amide bonds. The van der Waals surface area contributed by atoms with Crippen LogP contribution in [0.5, 0.6) is 0 Å². The largest absolute Gasteiger partial charge is 0.338 e. The first-order chi connectivity index (χ1) is 9.21. The number of carbonyl (C=O) groups excluding carboxylic acids is 1. The Hall–Kier alpha value is -1.50. The summed E-state index contributed by atoms with van der Waals surface area (Å²) in [4.78, 5) is 22.5. The van der Waals surface area contributed by atoms with Crippen LogP contribution in [0, 0.1) is 20.8 Å². The zero-order chi connectivity index (χ0) is 15.1. The zero-order valence-corrected chi connectivity index (χ0v) is 13.0. The maximum absolute atomic E-state index is 12.5. The predicted octanol–water partition coefficient (Wildman–Crippen LogP) is 0.661. The van der Waals surface area contributed by atoms with Gasteiger partial charge in [0.2, 0.25) is 0 Å². The quantitative estimate of drug-likeness (QED) is 0.801. The van der Waals surface area contributed by atoms with E-state index >= 15 is 0 Å². The fourth-order valence-corrected chi connectivity index (χ4v) is 4.39. The Morgan fingerprint density at radius 2 is 1.75 bits per heavy atom. The third kappa shape index (κ3) is 2.82. The van der Waals surface area contributed by atoms with Gasteiger partial charge in [-0.1, -0.05) is 0 Å². The van der Waals surface area contributed by atoms with Gasteiger partial charge in [0.15, 0.2) is 9.84 Å². The summed E-state index contributed by atoms with van der Waals surface area (Å²) < 4.78 is 23.0. The lowest BCUT2D eigenvalue weighted by molar-refractivity contribution is 0.0745. The van der Waals surface area contributed by atoms with Crippen molar-refractivity contribution in [1.29, 1.82) is 0 Å². The van der Waals surface area contributed by atoms with E-state index in [4.69, 9.17) is 0 Å². The number of nitrogens with zero attached hydrogens (tertiary/aromatic N) is 3. The van der Waals surface area contributed by atoms with E-state index in [-0.39, 0.29) is 23.5 Å². The molecule has 1 unspecified atom stereocenters. The summed E-state index contributed by atoms with van der Waals surface area (Å²) in [5.41, 5.74) is 1.74. The van der Waals surface area contributed by atoms with Gasteiger partial charge in [-0.05, 0) is 27.2 Å². The van der Waals surface area contributed by atoms with Crippen LogP contribution in [0.15, 0.2) is 0 Å². The van der Waals surface area contributed by atoms with Crippen LogP contribution in [0.4, 0.5) is 0 Å². The lowest BCUT2D eigenvalue weighted by Gasteiger charge is -2.24. The van der Waals surface area contributed by atoms with Crippen molar-refractivity contribution in [1.82, 2.24) is 14.9 Å². The van der Waals surface area contributed by atoms with Gasteiger partial charge in [0.1, 0.15) is 5.82 Å². The summed E-state index contributed by atoms with van der Waals surface area (Å²) in [7, 11) is -1.36. The second kappa shape index (κ2) is 5.12. The van der Waals surface area contributed by atoms with Crippen molar-refractivity contribution in [2.24, 2.45) is 0 Å². The molecule has 0 spiro atoms. The lowest BCUT2D eigenvalue weighted by atomic mass is 10.1. The van der Waals surface area contributed by atoms with Gasteiger partial charge >= 0.3 is 0 Å². The predicted molar refractivity (Wildman–Crippen MR) is 75.4 cm³/mol. The molecule has 1 aliphatic heterocycles. The molecule has 1 aromatic heterocycles. The maximum atomic E-state index is 12.5. The molecule has 110 valence electrons. The molecule has 0 aliphatic carbocycles. The topological polar surface area (TPSA) is 80.2 Å². The number of hydrogen-bond donors (Lipinski definition) is 0. The van der Waals surface area contributed by atoms with Gasteiger partial charge < -0.3 is 4.90 Å². The number of hydrogen-bond acceptors (Lipinski definition) is 5. The molecular formula is C13H19N3O3S. The van der Waals surface area contributed by atoms with Crippen molar-refractivity contribution in [2.45, 2.75) is 33.2 Å². The van der Waals surface area contributed by atoms with Crippen LogP contribution >= 0.6 is 0 Å². The van der Waals surface area contributed by atoms with Gasteiger partial charge in [-0.15, -0.1) is 0 Å². The minimum absolute atomic E-state index is 0.0417. The minimum Gasteiger partial charge on any atom is -0.338 e. The normalized spacial score (nSPS) is 20.9. The van der Waals surface area contributed by atoms with E-state index in [1.54, 1.807) is 27.8 Å². The Balaban J connectivity index is 2.28. The van der Waals surface area contributed by atoms with Crippen molar-refractivity contribution in [3.8, 4) is 0 Å². The molecule has 0 N–H and O–H groups in total. The molecule has 1 aliphatic rings. The molecule has 1 fully saturated rings. The van der Waals surface area contributed by atoms with Crippen LogP contribution in [0.2, 0.25) is 0 Å². The van der Waals surface area contributed by atoms with E-state index in [2.05, 4.69) is 9.97 Å². The highest BCUT2D eigenvalue weighted by Crippen LogP contribution is 2.20. The molecule has 0 aromatic carbocycles. The molecule has 0 bridgehead atoms. The third-order valence-electron chi connectivity index (χ3n) is 3.67. The molecule has 1 aromatic rings. The van der Waals surface area contributed by atoms with Crippen molar-refractivity contribution < 1.29 is 13.2 Å². The second-order valence-corrected chi connectivity index (χ2v) is 7.52. The maximum Gasteiger partial charge on any atom is 0.257 e. The first-order valence-corrected chi connectivity index (χ1v) is 8.33. The Morgan fingerprint density at radius 1 is 1.20 bits per heavy atom. The lowest BCUT2D eigenvalue weighted by Crippen LogP contribution is -2.38. The average Bonchev–Trinajstić information content (AvgIpc) is 2.67. The fourth-order valence-electron chi connectivity index (χ4n) is 2.62. The Kier molecular flexibility index (Phi) is 3.82. The number of rotatable bonds is 2. The second-order valence-electron chi connectivity index (χ2n) is 5.29. The van der Waals surface area contributed by atoms with Gasteiger partial charge in [-0.2, -0.15) is 0 Å². The van der Waals surface area contributed by atoms with Crippen LogP contribution < -0.4 is 0 Å². The van der Waals surface area contributed by atoms with Crippen molar-refractivity contribution in [2.75, 3.05) is 18.6 Å². The number of aryl methyl sites for hydroxylation is 3. The number of sulfone groups is 1. The molecule has 1 saturated heterocycles. The Bertz CT molecular complexity index is 632. The summed E-state index contributed by atoms with van der Waals surface area (Å²) in [6.07, 6.45) is 0.495. The molecule has 6 nitrogen and oxygen atoms in total. The highest BCUT2D eigenvalue weighted by atomic mass is 32.2. The third-order valence-corrected chi connectivity index (χ3v) is 5.42. The van der Waals surface area contributed by atoms with Crippen LogP contribution in [0.3, 0.4) is 0 Å². The summed E-state index contributed by atoms with van der Waals surface area (Å²) in [5, 5.41) is 0. The van der Waals surface area contributed by atoms with E-state index < -0.39 is 9.84 Å². The molecule has 2 heterocycles. The number of aromatic nitrogens is 2. The van der Waals surface area contributed by atoms with E-state index in [0.29, 0.717) is 29.2 Å². The molecular weight excluding hydrogens is 278 g/mol. The van der Waals surface area contributed by atoms with E-state index in [1.165, 1.54) is 4.90 Å². The smallest absolute Gasteiger partial charge is 0.257 e. The molecule has 1 atom stereocenters. The van der Waals surface area contributed by atoms with Crippen LogP contribution in [0.25, 0.3) is 0 Å². The van der Waals surface area contributed by atoms with E-state index in [9.17, 15) is 13.2 Å². The summed E-state index contributed by atoms with van der Waals surface area (Å²) in [6.45, 7) is 5.32. The molecule has 0 saturated carbocycles. The zero-order valence-electron chi connectivity index (χ0n) is 12.2. The van der Waals surface area contributed by atoms with Gasteiger partial charge in [0.05, 0.1) is 28.5 Å². The Morgan fingerprint density at radius 3 is 2.20 bits per heavy atom. The highest BCUT2D eigenvalue weighted by molar-refractivity contribution is 7.91. The molecule has 7 heteroatoms. The minimum atomic E-state index is -3.01. The SMILES string of the molecule is Cc1nc(C)c(C(=O)N(C)C2CCS(=O)(=O)C2)c(C)n1. The standard InChI is InChI=1S/C13H19N3O3S/c1-8-12(9(2)15-10(3)14-8)13(17)16(4)11-5-6-20(18,19)7-11/h11H,5-7H2,1-4H3. The van der Waals surface area contributed by atoms with Gasteiger partial charge in [0.25, 0.3) is 5.91 Å². The highest BCUT2D eigenvalue weighted by Gasteiger charge is 2.34. The number of carbonyl (C=O) groups is 1. The van der Waals surface area contributed by atoms with Crippen molar-refractivity contribution in [3.05, 3.63) is 22.8 Å². The Labute approximate surface area is 119 Å². The summed E-state index contributed by atoms with van der Waals surface area (Å²) in [6, 6.07) is -0.257. The first kappa shape index (κ1) is 14.9. The fraction of sp³-hybridized carbons (Fsp3) is 0.615. The molecule has 20 heavy (non-hydrogen) atoms. The first-order valence-electron chi connectivity index (χ1n) is 6.50. The van der Waals surface area contributed by atoms with Gasteiger partial charge in [-0.3, -0.25) is 4.79 Å². The summed E-state index contributed by atoms with van der Waals surface area (Å²) in [5.74, 6) is 0.613. The van der Waals surface area contributed by atoms with Gasteiger partial charge in [-0.25, -0.2) is 18.4 Å². The van der Waals surface area contributed by atoms with Gasteiger partial charge in [0, 0.05) is 13.1 Å². The summed E-state index contributed by atoms with van der Waals surface area (Å²) >= 11 is 0. The van der Waals surface area contributed by atoms with Crippen molar-refractivity contribution in [3.63, 3.8) is 0 Å². The average molecular weight is 297 g/mol. The van der Waals surface area contributed by atoms with E-state index in [0.717, 1.165) is 0 Å². The van der Waals surface area contributed by atoms with E-state index in [1.807, 2.05) is 0 Å². The molecule has 0 radical (unpaired) electrons. The molecule has 2 rings (SSSR count). The van der Waals surface area contributed by atoms with Crippen LogP contribution in [-0.2, 0) is 9.84 Å². The number of amides is 1. The van der Waals surface area contributed by atoms with Crippen LogP contribution in [-0.4, -0.2) is 53.8 Å².